The first-order chi connectivity index (χ1) is 14.7. The number of halogens is 5. The summed E-state index contributed by atoms with van der Waals surface area (Å²) in [6.45, 7) is -0.0460. The number of aromatic nitrogens is 2. The number of alkyl halides is 3. The fourth-order valence-electron chi connectivity index (χ4n) is 3.06. The minimum Gasteiger partial charge on any atom is -0.504 e. The summed E-state index contributed by atoms with van der Waals surface area (Å²) in [5, 5.41) is 12.1. The molecule has 0 aliphatic heterocycles. The molecule has 2 heterocycles. The summed E-state index contributed by atoms with van der Waals surface area (Å²) >= 11 is 11.8. The van der Waals surface area contributed by atoms with Crippen LogP contribution in [0.5, 0.6) is 5.75 Å². The number of aromatic hydroxyl groups is 1. The van der Waals surface area contributed by atoms with Crippen molar-refractivity contribution in [3.63, 3.8) is 0 Å². The number of pyridine rings is 1. The third kappa shape index (κ3) is 3.94. The molecule has 0 aliphatic carbocycles. The third-order valence-corrected chi connectivity index (χ3v) is 5.14. The van der Waals surface area contributed by atoms with Gasteiger partial charge in [-0.1, -0.05) is 41.4 Å². The minimum atomic E-state index is -4.45. The van der Waals surface area contributed by atoms with Gasteiger partial charge in [-0.2, -0.15) is 13.2 Å². The highest BCUT2D eigenvalue weighted by molar-refractivity contribution is 6.39. The average Bonchev–Trinajstić information content (AvgIpc) is 3.06. The first kappa shape index (κ1) is 21.1. The summed E-state index contributed by atoms with van der Waals surface area (Å²) in [4.78, 5) is 16.2. The zero-order valence-corrected chi connectivity index (χ0v) is 16.9. The lowest BCUT2D eigenvalue weighted by molar-refractivity contribution is -0.138. The number of hydrogen-bond acceptors (Lipinski definition) is 5. The molecule has 0 atom stereocenters. The van der Waals surface area contributed by atoms with Crippen molar-refractivity contribution in [2.75, 3.05) is 5.32 Å². The summed E-state index contributed by atoms with van der Waals surface area (Å²) in [7, 11) is 0. The van der Waals surface area contributed by atoms with Crippen molar-refractivity contribution >= 4 is 40.1 Å². The van der Waals surface area contributed by atoms with Crippen molar-refractivity contribution in [3.8, 4) is 11.4 Å². The molecular formula is C20H12Cl2F3N3O3. The van der Waals surface area contributed by atoms with Crippen LogP contribution in [0.25, 0.3) is 16.9 Å². The van der Waals surface area contributed by atoms with Crippen molar-refractivity contribution < 1.29 is 22.7 Å². The van der Waals surface area contributed by atoms with Crippen LogP contribution in [0.15, 0.2) is 57.7 Å². The number of oxazole rings is 1. The maximum Gasteiger partial charge on any atom is 0.425 e. The molecule has 160 valence electrons. The number of rotatable bonds is 4. The van der Waals surface area contributed by atoms with Crippen molar-refractivity contribution in [1.29, 1.82) is 0 Å². The van der Waals surface area contributed by atoms with Gasteiger partial charge >= 0.3 is 11.9 Å². The molecule has 0 bridgehead atoms. The molecule has 0 fully saturated rings. The molecule has 2 aromatic heterocycles. The molecule has 2 N–H and O–H groups in total. The van der Waals surface area contributed by atoms with Gasteiger partial charge in [0.2, 0.25) is 0 Å². The van der Waals surface area contributed by atoms with E-state index in [-0.39, 0.29) is 33.5 Å². The Morgan fingerprint density at radius 3 is 2.45 bits per heavy atom. The van der Waals surface area contributed by atoms with E-state index in [0.29, 0.717) is 11.4 Å². The van der Waals surface area contributed by atoms with Crippen LogP contribution in [0.1, 0.15) is 11.1 Å². The molecule has 31 heavy (non-hydrogen) atoms. The zero-order valence-electron chi connectivity index (χ0n) is 15.4. The predicted octanol–water partition coefficient (Wildman–Crippen LogP) is 5.62. The summed E-state index contributed by atoms with van der Waals surface area (Å²) < 4.78 is 45.5. The molecule has 0 aliphatic rings. The Morgan fingerprint density at radius 2 is 1.77 bits per heavy atom. The van der Waals surface area contributed by atoms with Gasteiger partial charge in [-0.25, -0.2) is 14.3 Å². The summed E-state index contributed by atoms with van der Waals surface area (Å²) in [5.41, 5.74) is 0.165. The van der Waals surface area contributed by atoms with Crippen molar-refractivity contribution in [2.45, 2.75) is 12.7 Å². The number of nitrogens with one attached hydrogen (secondary N) is 1. The number of fused-ring (bicyclic) bond motifs is 1. The lowest BCUT2D eigenvalue weighted by Gasteiger charge is -2.14. The van der Waals surface area contributed by atoms with Gasteiger partial charge in [-0.15, -0.1) is 0 Å². The highest BCUT2D eigenvalue weighted by atomic mass is 35.5. The average molecular weight is 470 g/mol. The van der Waals surface area contributed by atoms with Gasteiger partial charge in [0, 0.05) is 12.2 Å². The number of benzene rings is 2. The maximum absolute atomic E-state index is 13.1. The van der Waals surface area contributed by atoms with Crippen molar-refractivity contribution in [3.05, 3.63) is 80.4 Å². The van der Waals surface area contributed by atoms with Crippen LogP contribution in [0.4, 0.5) is 18.9 Å². The van der Waals surface area contributed by atoms with E-state index in [1.807, 2.05) is 0 Å². The second-order valence-corrected chi connectivity index (χ2v) is 7.21. The summed E-state index contributed by atoms with van der Waals surface area (Å²) in [6, 6.07) is 11.6. The Bertz CT molecular complexity index is 1330. The molecule has 0 unspecified atom stereocenters. The Balaban J connectivity index is 1.62. The van der Waals surface area contributed by atoms with Crippen molar-refractivity contribution in [2.24, 2.45) is 0 Å². The first-order valence-corrected chi connectivity index (χ1v) is 9.51. The molecule has 2 aromatic carbocycles. The van der Waals surface area contributed by atoms with E-state index in [9.17, 15) is 23.1 Å². The fraction of sp³-hybridized carbons (Fsp3) is 0.100. The molecule has 4 rings (SSSR count). The summed E-state index contributed by atoms with van der Waals surface area (Å²) in [6.07, 6.45) is -4.45. The Hall–Kier alpha value is -3.17. The van der Waals surface area contributed by atoms with Gasteiger partial charge in [-0.05, 0) is 35.9 Å². The molecule has 11 heteroatoms. The molecule has 0 radical (unpaired) electrons. The van der Waals surface area contributed by atoms with E-state index in [2.05, 4.69) is 10.3 Å². The lowest BCUT2D eigenvalue weighted by atomic mass is 10.1. The highest BCUT2D eigenvalue weighted by Gasteiger charge is 2.32. The van der Waals surface area contributed by atoms with Gasteiger partial charge in [0.05, 0.1) is 11.3 Å². The number of nitrogens with zero attached hydrogens (tertiary/aromatic N) is 2. The van der Waals surface area contributed by atoms with Gasteiger partial charge in [-0.3, -0.25) is 0 Å². The largest absolute Gasteiger partial charge is 0.504 e. The highest BCUT2D eigenvalue weighted by Crippen LogP contribution is 2.36. The molecule has 0 saturated heterocycles. The quantitative estimate of drug-likeness (QED) is 0.379. The molecule has 0 saturated carbocycles. The predicted molar refractivity (Wildman–Crippen MR) is 110 cm³/mol. The van der Waals surface area contributed by atoms with Gasteiger partial charge in [0.15, 0.2) is 22.1 Å². The monoisotopic (exact) mass is 469 g/mol. The summed E-state index contributed by atoms with van der Waals surface area (Å²) in [5.74, 6) is -1.30. The van der Waals surface area contributed by atoms with Crippen LogP contribution in [-0.2, 0) is 12.7 Å². The van der Waals surface area contributed by atoms with Crippen LogP contribution in [0, 0.1) is 0 Å². The van der Waals surface area contributed by atoms with Crippen molar-refractivity contribution in [1.82, 2.24) is 9.55 Å². The third-order valence-electron chi connectivity index (χ3n) is 4.52. The van der Waals surface area contributed by atoms with Crippen LogP contribution in [0.2, 0.25) is 10.2 Å². The standard InChI is InChI=1S/C20H12Cl2F3N3O3/c21-14-15(29)17(22)27-18-16(14)31-19(30)28(18)12-7-5-11(6-8-12)26-9-10-3-1-2-4-13(10)20(23,24)25/h1-8,26,29H,9H2. The second-order valence-electron chi connectivity index (χ2n) is 6.48. The zero-order chi connectivity index (χ0) is 22.3. The van der Waals surface area contributed by atoms with Crippen LogP contribution in [0.3, 0.4) is 0 Å². The van der Waals surface area contributed by atoms with Crippen LogP contribution >= 0.6 is 23.2 Å². The molecule has 0 amide bonds. The van der Waals surface area contributed by atoms with E-state index in [4.69, 9.17) is 27.6 Å². The Kier molecular flexibility index (Phi) is 5.32. The van der Waals surface area contributed by atoms with Gasteiger partial charge in [0.25, 0.3) is 0 Å². The number of anilines is 1. The first-order valence-electron chi connectivity index (χ1n) is 8.75. The normalized spacial score (nSPS) is 11.8. The van der Waals surface area contributed by atoms with Crippen LogP contribution < -0.4 is 11.1 Å². The second kappa shape index (κ2) is 7.82. The Labute approximate surface area is 182 Å². The van der Waals surface area contributed by atoms with E-state index >= 15 is 0 Å². The topological polar surface area (TPSA) is 80.3 Å². The maximum atomic E-state index is 13.1. The molecular weight excluding hydrogens is 458 g/mol. The van der Waals surface area contributed by atoms with E-state index < -0.39 is 23.2 Å². The lowest BCUT2D eigenvalue weighted by Crippen LogP contribution is -2.13. The minimum absolute atomic E-state index is 0.0117. The molecule has 4 aromatic rings. The fourth-order valence-corrected chi connectivity index (χ4v) is 3.49. The smallest absolute Gasteiger partial charge is 0.425 e. The van der Waals surface area contributed by atoms with Crippen LogP contribution in [-0.4, -0.2) is 14.7 Å². The van der Waals surface area contributed by atoms with E-state index in [0.717, 1.165) is 10.6 Å². The van der Waals surface area contributed by atoms with E-state index in [1.54, 1.807) is 24.3 Å². The Morgan fingerprint density at radius 1 is 1.10 bits per heavy atom. The number of hydrogen-bond donors (Lipinski definition) is 2. The van der Waals surface area contributed by atoms with E-state index in [1.165, 1.54) is 18.2 Å². The SMILES string of the molecule is O=c1oc2c(Cl)c(O)c(Cl)nc2n1-c1ccc(NCc2ccccc2C(F)(F)F)cc1. The molecule has 6 nitrogen and oxygen atoms in total. The molecule has 0 spiro atoms. The van der Waals surface area contributed by atoms with Gasteiger partial charge < -0.3 is 14.8 Å². The van der Waals surface area contributed by atoms with Gasteiger partial charge in [0.1, 0.15) is 5.02 Å².